The van der Waals surface area contributed by atoms with Gasteiger partial charge in [-0.1, -0.05) is 25.1 Å². The fourth-order valence-electron chi connectivity index (χ4n) is 3.70. The molecule has 1 atom stereocenters. The first kappa shape index (κ1) is 20.0. The average molecular weight is 431 g/mol. The molecule has 4 rings (SSSR count). The Kier molecular flexibility index (Phi) is 5.40. The molecular formula is C21H22N2O4S2. The molecule has 2 aliphatic heterocycles. The summed E-state index contributed by atoms with van der Waals surface area (Å²) in [7, 11) is -3.65. The summed E-state index contributed by atoms with van der Waals surface area (Å²) in [6.07, 6.45) is 1.09. The Hall–Kier alpha value is -2.32. The van der Waals surface area contributed by atoms with Crippen molar-refractivity contribution in [2.24, 2.45) is 0 Å². The van der Waals surface area contributed by atoms with E-state index in [0.29, 0.717) is 18.7 Å². The maximum atomic E-state index is 12.8. The maximum absolute atomic E-state index is 12.8. The van der Waals surface area contributed by atoms with Crippen molar-refractivity contribution in [3.8, 4) is 0 Å². The van der Waals surface area contributed by atoms with E-state index < -0.39 is 9.84 Å². The van der Waals surface area contributed by atoms with E-state index in [1.807, 2.05) is 31.2 Å². The molecular weight excluding hydrogens is 408 g/mol. The van der Waals surface area contributed by atoms with Gasteiger partial charge in [-0.15, -0.1) is 11.8 Å². The molecule has 2 aromatic carbocycles. The molecule has 0 bridgehead atoms. The van der Waals surface area contributed by atoms with E-state index in [2.05, 4.69) is 5.32 Å². The molecule has 2 heterocycles. The number of para-hydroxylation sites is 1. The van der Waals surface area contributed by atoms with Crippen LogP contribution in [0.1, 0.15) is 25.3 Å². The predicted octanol–water partition coefficient (Wildman–Crippen LogP) is 3.26. The lowest BCUT2D eigenvalue weighted by Crippen LogP contribution is -2.30. The number of carbonyl (C=O) groups excluding carboxylic acids is 2. The zero-order valence-corrected chi connectivity index (χ0v) is 17.7. The Morgan fingerprint density at radius 3 is 2.86 bits per heavy atom. The van der Waals surface area contributed by atoms with Gasteiger partial charge < -0.3 is 10.2 Å². The van der Waals surface area contributed by atoms with Crippen molar-refractivity contribution in [1.82, 2.24) is 0 Å². The minimum absolute atomic E-state index is 0.0775. The molecule has 152 valence electrons. The fraction of sp³-hybridized carbons (Fsp3) is 0.333. The number of nitrogens with one attached hydrogen (secondary N) is 1. The third-order valence-electron chi connectivity index (χ3n) is 5.16. The number of nitrogens with zero attached hydrogens (tertiary/aromatic N) is 1. The Morgan fingerprint density at radius 1 is 1.24 bits per heavy atom. The molecule has 6 nitrogen and oxygen atoms in total. The molecule has 0 saturated carbocycles. The number of rotatable bonds is 4. The molecule has 2 aliphatic rings. The van der Waals surface area contributed by atoms with E-state index in [9.17, 15) is 18.0 Å². The van der Waals surface area contributed by atoms with Crippen LogP contribution in [0.2, 0.25) is 0 Å². The molecule has 29 heavy (non-hydrogen) atoms. The highest BCUT2D eigenvalue weighted by Gasteiger charge is 2.27. The molecule has 0 spiro atoms. The number of hydrogen-bond acceptors (Lipinski definition) is 5. The van der Waals surface area contributed by atoms with Crippen LogP contribution in [-0.4, -0.2) is 37.8 Å². The van der Waals surface area contributed by atoms with Crippen LogP contribution in [0.4, 0.5) is 11.4 Å². The van der Waals surface area contributed by atoms with Crippen molar-refractivity contribution in [2.75, 3.05) is 22.5 Å². The molecule has 0 saturated heterocycles. The lowest BCUT2D eigenvalue weighted by Gasteiger charge is -2.17. The fourth-order valence-corrected chi connectivity index (χ4v) is 6.00. The van der Waals surface area contributed by atoms with Gasteiger partial charge >= 0.3 is 0 Å². The largest absolute Gasteiger partial charge is 0.325 e. The SMILES string of the molecule is C[C@@H]1CC(=O)Nc2cc(S(=O)(=O)CCC(=O)N3CCc4ccccc43)ccc2S1. The number of hydrogen-bond donors (Lipinski definition) is 1. The van der Waals surface area contributed by atoms with E-state index in [-0.39, 0.29) is 34.1 Å². The second-order valence-corrected chi connectivity index (χ2v) is 10.9. The van der Waals surface area contributed by atoms with Crippen LogP contribution < -0.4 is 10.2 Å². The second kappa shape index (κ2) is 7.84. The van der Waals surface area contributed by atoms with Gasteiger partial charge in [0.2, 0.25) is 11.8 Å². The third-order valence-corrected chi connectivity index (χ3v) is 8.05. The number of benzene rings is 2. The Labute approximate surface area is 174 Å². The summed E-state index contributed by atoms with van der Waals surface area (Å²) in [6, 6.07) is 12.5. The van der Waals surface area contributed by atoms with E-state index in [0.717, 1.165) is 22.6 Å². The van der Waals surface area contributed by atoms with Gasteiger partial charge in [0.05, 0.1) is 16.3 Å². The molecule has 1 N–H and O–H groups in total. The smallest absolute Gasteiger partial charge is 0.228 e. The van der Waals surface area contributed by atoms with Crippen molar-refractivity contribution in [1.29, 1.82) is 0 Å². The van der Waals surface area contributed by atoms with Gasteiger partial charge in [-0.05, 0) is 36.2 Å². The average Bonchev–Trinajstić information content (AvgIpc) is 3.05. The van der Waals surface area contributed by atoms with E-state index >= 15 is 0 Å². The van der Waals surface area contributed by atoms with Crippen LogP contribution in [0, 0.1) is 0 Å². The number of carbonyl (C=O) groups is 2. The molecule has 0 fully saturated rings. The molecule has 0 aromatic heterocycles. The van der Waals surface area contributed by atoms with Gasteiger partial charge in [-0.3, -0.25) is 9.59 Å². The Bertz CT molecular complexity index is 1080. The van der Waals surface area contributed by atoms with Gasteiger partial charge in [-0.2, -0.15) is 0 Å². The summed E-state index contributed by atoms with van der Waals surface area (Å²) >= 11 is 1.55. The molecule has 2 aromatic rings. The summed E-state index contributed by atoms with van der Waals surface area (Å²) < 4.78 is 25.6. The lowest BCUT2D eigenvalue weighted by molar-refractivity contribution is -0.118. The molecule has 0 radical (unpaired) electrons. The van der Waals surface area contributed by atoms with E-state index in [1.165, 1.54) is 6.07 Å². The normalized spacial score (nSPS) is 18.6. The molecule has 0 unspecified atom stereocenters. The highest BCUT2D eigenvalue weighted by atomic mass is 32.2. The van der Waals surface area contributed by atoms with Gasteiger partial charge in [0.15, 0.2) is 9.84 Å². The highest BCUT2D eigenvalue weighted by Crippen LogP contribution is 2.36. The van der Waals surface area contributed by atoms with Crippen molar-refractivity contribution in [3.05, 3.63) is 48.0 Å². The standard InChI is InChI=1S/C21H22N2O4S2/c1-14-12-20(24)22-17-13-16(6-7-19(17)28-14)29(26,27)11-9-21(25)23-10-8-15-4-2-3-5-18(15)23/h2-7,13-14H,8-12H2,1H3,(H,22,24)/t14-/m1/s1. The summed E-state index contributed by atoms with van der Waals surface area (Å²) in [6.45, 7) is 2.55. The minimum atomic E-state index is -3.65. The van der Waals surface area contributed by atoms with Gasteiger partial charge in [0, 0.05) is 35.2 Å². The van der Waals surface area contributed by atoms with Gasteiger partial charge in [0.25, 0.3) is 0 Å². The summed E-state index contributed by atoms with van der Waals surface area (Å²) in [5.41, 5.74) is 2.50. The van der Waals surface area contributed by atoms with Crippen LogP contribution in [0.5, 0.6) is 0 Å². The second-order valence-electron chi connectivity index (χ2n) is 7.33. The van der Waals surface area contributed by atoms with Gasteiger partial charge in [0.1, 0.15) is 0 Å². The first-order valence-corrected chi connectivity index (χ1v) is 12.1. The van der Waals surface area contributed by atoms with Crippen molar-refractivity contribution >= 4 is 44.8 Å². The number of thioether (sulfide) groups is 1. The highest BCUT2D eigenvalue weighted by molar-refractivity contribution is 8.00. The number of fused-ring (bicyclic) bond motifs is 2. The Morgan fingerprint density at radius 2 is 2.03 bits per heavy atom. The van der Waals surface area contributed by atoms with Gasteiger partial charge in [-0.25, -0.2) is 8.42 Å². The number of anilines is 2. The molecule has 8 heteroatoms. The third kappa shape index (κ3) is 4.18. The first-order valence-electron chi connectivity index (χ1n) is 9.55. The van der Waals surface area contributed by atoms with Crippen molar-refractivity contribution in [2.45, 2.75) is 41.2 Å². The van der Waals surface area contributed by atoms with Crippen molar-refractivity contribution < 1.29 is 18.0 Å². The number of amides is 2. The molecule has 0 aliphatic carbocycles. The zero-order valence-electron chi connectivity index (χ0n) is 16.1. The maximum Gasteiger partial charge on any atom is 0.228 e. The zero-order chi connectivity index (χ0) is 20.6. The van der Waals surface area contributed by atoms with Crippen LogP contribution in [-0.2, 0) is 25.8 Å². The van der Waals surface area contributed by atoms with Crippen molar-refractivity contribution in [3.63, 3.8) is 0 Å². The van der Waals surface area contributed by atoms with Crippen LogP contribution >= 0.6 is 11.8 Å². The lowest BCUT2D eigenvalue weighted by atomic mass is 10.2. The molecule has 2 amide bonds. The minimum Gasteiger partial charge on any atom is -0.325 e. The summed E-state index contributed by atoms with van der Waals surface area (Å²) in [5.74, 6) is -0.576. The predicted molar refractivity (Wildman–Crippen MR) is 114 cm³/mol. The van der Waals surface area contributed by atoms with E-state index in [4.69, 9.17) is 0 Å². The number of sulfone groups is 1. The monoisotopic (exact) mass is 430 g/mol. The summed E-state index contributed by atoms with van der Waals surface area (Å²) in [4.78, 5) is 27.2. The van der Waals surface area contributed by atoms with Crippen LogP contribution in [0.25, 0.3) is 0 Å². The topological polar surface area (TPSA) is 83.5 Å². The Balaban J connectivity index is 1.48. The van der Waals surface area contributed by atoms with Crippen LogP contribution in [0.3, 0.4) is 0 Å². The van der Waals surface area contributed by atoms with Crippen LogP contribution in [0.15, 0.2) is 52.3 Å². The first-order chi connectivity index (χ1) is 13.8. The van der Waals surface area contributed by atoms with E-state index in [1.54, 1.807) is 28.8 Å². The summed E-state index contributed by atoms with van der Waals surface area (Å²) in [5, 5.41) is 2.91. The quantitative estimate of drug-likeness (QED) is 0.805.